The fraction of sp³-hybridized carbons (Fsp3) is 0. The van der Waals surface area contributed by atoms with Crippen LogP contribution < -0.4 is 0 Å². The Kier molecular flexibility index (Phi) is 5.06. The topological polar surface area (TPSA) is 43.4 Å². The predicted octanol–water partition coefficient (Wildman–Crippen LogP) is 5.22. The number of carbonyl (C=O) groups is 2. The summed E-state index contributed by atoms with van der Waals surface area (Å²) >= 11 is 0. The van der Waals surface area contributed by atoms with E-state index < -0.39 is 11.9 Å². The SMILES string of the molecule is O=C(OC(=O)c1cccc(-c2c#cccc2)c1)c1cccc(-c2c#cccc2)c1. The van der Waals surface area contributed by atoms with E-state index in [0.29, 0.717) is 0 Å². The van der Waals surface area contributed by atoms with Gasteiger partial charge in [-0.2, -0.15) is 0 Å². The van der Waals surface area contributed by atoms with Gasteiger partial charge >= 0.3 is 11.9 Å². The zero-order valence-electron chi connectivity index (χ0n) is 15.3. The molecule has 0 fully saturated rings. The summed E-state index contributed by atoms with van der Waals surface area (Å²) in [5, 5.41) is 0. The van der Waals surface area contributed by atoms with Crippen molar-refractivity contribution in [3.05, 3.63) is 120 Å². The molecular formula is C26H14O3. The Morgan fingerprint density at radius 2 is 1.10 bits per heavy atom. The average molecular weight is 374 g/mol. The molecule has 0 bridgehead atoms. The van der Waals surface area contributed by atoms with Crippen LogP contribution in [0.5, 0.6) is 0 Å². The number of benzene rings is 2. The number of hydrogen-bond acceptors (Lipinski definition) is 3. The van der Waals surface area contributed by atoms with Crippen LogP contribution in [0.15, 0.2) is 84.9 Å². The predicted molar refractivity (Wildman–Crippen MR) is 109 cm³/mol. The van der Waals surface area contributed by atoms with Gasteiger partial charge in [0.25, 0.3) is 0 Å². The molecule has 29 heavy (non-hydrogen) atoms. The van der Waals surface area contributed by atoms with Crippen LogP contribution in [0.3, 0.4) is 0 Å². The van der Waals surface area contributed by atoms with Crippen LogP contribution in [0.1, 0.15) is 20.7 Å². The molecule has 0 unspecified atom stereocenters. The minimum absolute atomic E-state index is 0.287. The molecule has 136 valence electrons. The maximum Gasteiger partial charge on any atom is 0.346 e. The summed E-state index contributed by atoms with van der Waals surface area (Å²) in [6, 6.07) is 36.4. The van der Waals surface area contributed by atoms with E-state index in [4.69, 9.17) is 4.74 Å². The van der Waals surface area contributed by atoms with Crippen molar-refractivity contribution in [1.29, 1.82) is 0 Å². The second-order valence-corrected chi connectivity index (χ2v) is 6.26. The lowest BCUT2D eigenvalue weighted by Crippen LogP contribution is -2.13. The Labute approximate surface area is 169 Å². The molecule has 0 spiro atoms. The molecule has 0 aliphatic heterocycles. The lowest BCUT2D eigenvalue weighted by molar-refractivity contribution is 0.0398. The Bertz CT molecular complexity index is 1060. The lowest BCUT2D eigenvalue weighted by atomic mass is 10.0. The molecule has 3 heteroatoms. The largest absolute Gasteiger partial charge is 0.386 e. The third kappa shape index (κ3) is 4.16. The van der Waals surface area contributed by atoms with E-state index >= 15 is 0 Å². The first-order chi connectivity index (χ1) is 14.2. The summed E-state index contributed by atoms with van der Waals surface area (Å²) in [4.78, 5) is 25.0. The summed E-state index contributed by atoms with van der Waals surface area (Å²) < 4.78 is 5.09. The van der Waals surface area contributed by atoms with Crippen LogP contribution >= 0.6 is 0 Å². The quantitative estimate of drug-likeness (QED) is 0.363. The maximum atomic E-state index is 12.5. The molecule has 0 radical (unpaired) electrons. The van der Waals surface area contributed by atoms with E-state index in [1.807, 2.05) is 36.4 Å². The van der Waals surface area contributed by atoms with E-state index in [0.717, 1.165) is 22.3 Å². The van der Waals surface area contributed by atoms with Gasteiger partial charge in [-0.3, -0.25) is 0 Å². The van der Waals surface area contributed by atoms with Crippen molar-refractivity contribution in [3.8, 4) is 22.3 Å². The van der Waals surface area contributed by atoms with Gasteiger partial charge in [-0.05, 0) is 59.7 Å². The Hall–Kier alpha value is -4.34. The van der Waals surface area contributed by atoms with E-state index in [1.165, 1.54) is 0 Å². The van der Waals surface area contributed by atoms with Crippen LogP contribution in [0, 0.1) is 24.3 Å². The molecule has 4 aromatic carbocycles. The summed E-state index contributed by atoms with van der Waals surface area (Å²) in [5.41, 5.74) is 3.77. The van der Waals surface area contributed by atoms with Crippen molar-refractivity contribution >= 4 is 11.9 Å². The van der Waals surface area contributed by atoms with Gasteiger partial charge in [0.2, 0.25) is 0 Å². The summed E-state index contributed by atoms with van der Waals surface area (Å²) in [5.74, 6) is -1.41. The highest BCUT2D eigenvalue weighted by molar-refractivity contribution is 6.03. The highest BCUT2D eigenvalue weighted by Crippen LogP contribution is 2.21. The molecule has 4 aromatic rings. The van der Waals surface area contributed by atoms with E-state index in [-0.39, 0.29) is 11.1 Å². The van der Waals surface area contributed by atoms with Crippen LogP contribution in [-0.4, -0.2) is 11.9 Å². The molecule has 0 atom stereocenters. The van der Waals surface area contributed by atoms with Crippen molar-refractivity contribution in [2.24, 2.45) is 0 Å². The van der Waals surface area contributed by atoms with Gasteiger partial charge in [-0.1, -0.05) is 60.7 Å². The van der Waals surface area contributed by atoms with E-state index in [1.54, 1.807) is 48.5 Å². The minimum Gasteiger partial charge on any atom is -0.386 e. The normalized spacial score (nSPS) is 9.79. The molecule has 0 aliphatic rings. The van der Waals surface area contributed by atoms with Crippen molar-refractivity contribution in [3.63, 3.8) is 0 Å². The van der Waals surface area contributed by atoms with Gasteiger partial charge < -0.3 is 4.74 Å². The van der Waals surface area contributed by atoms with Crippen LogP contribution in [-0.2, 0) is 4.74 Å². The van der Waals surface area contributed by atoms with Gasteiger partial charge in [-0.15, -0.1) is 0 Å². The lowest BCUT2D eigenvalue weighted by Gasteiger charge is -2.06. The van der Waals surface area contributed by atoms with E-state index in [2.05, 4.69) is 24.3 Å². The van der Waals surface area contributed by atoms with Gasteiger partial charge in [0, 0.05) is 11.1 Å². The van der Waals surface area contributed by atoms with E-state index in [9.17, 15) is 9.59 Å². The first-order valence-electron chi connectivity index (χ1n) is 8.95. The molecular weight excluding hydrogens is 360 g/mol. The molecule has 0 aliphatic carbocycles. The smallest absolute Gasteiger partial charge is 0.346 e. The summed E-state index contributed by atoms with van der Waals surface area (Å²) in [6.45, 7) is 0. The van der Waals surface area contributed by atoms with Gasteiger partial charge in [-0.25, -0.2) is 9.59 Å². The first kappa shape index (κ1) is 18.0. The number of hydrogen-bond donors (Lipinski definition) is 0. The highest BCUT2D eigenvalue weighted by Gasteiger charge is 2.16. The third-order valence-electron chi connectivity index (χ3n) is 4.30. The minimum atomic E-state index is -0.707. The second-order valence-electron chi connectivity index (χ2n) is 6.26. The van der Waals surface area contributed by atoms with Crippen molar-refractivity contribution in [2.45, 2.75) is 0 Å². The molecule has 0 saturated heterocycles. The Morgan fingerprint density at radius 1 is 0.621 bits per heavy atom. The van der Waals surface area contributed by atoms with Crippen LogP contribution in [0.25, 0.3) is 22.3 Å². The Balaban J connectivity index is 1.53. The van der Waals surface area contributed by atoms with Crippen molar-refractivity contribution in [2.75, 3.05) is 0 Å². The number of rotatable bonds is 4. The summed E-state index contributed by atoms with van der Waals surface area (Å²) in [6.07, 6.45) is 0. The number of esters is 2. The highest BCUT2D eigenvalue weighted by atomic mass is 16.6. The fourth-order valence-electron chi connectivity index (χ4n) is 2.87. The molecule has 0 saturated carbocycles. The van der Waals surface area contributed by atoms with Gasteiger partial charge in [0.15, 0.2) is 0 Å². The molecule has 0 aromatic heterocycles. The first-order valence-corrected chi connectivity index (χ1v) is 8.95. The van der Waals surface area contributed by atoms with Crippen molar-refractivity contribution < 1.29 is 14.3 Å². The summed E-state index contributed by atoms with van der Waals surface area (Å²) in [7, 11) is 0. The van der Waals surface area contributed by atoms with Crippen LogP contribution in [0.4, 0.5) is 0 Å². The molecule has 4 rings (SSSR count). The maximum absolute atomic E-state index is 12.5. The standard InChI is InChI=1S/C26H14O3/c27-25(23-15-7-13-21(17-23)19-9-3-1-4-10-19)29-26(28)24-16-8-14-22(18-24)20-11-5-2-6-12-20/h1-3,5,7-9,11,13-18H. The van der Waals surface area contributed by atoms with Gasteiger partial charge in [0.1, 0.15) is 0 Å². The average Bonchev–Trinajstić information content (AvgIpc) is 2.80. The molecule has 0 amide bonds. The fourth-order valence-corrected chi connectivity index (χ4v) is 2.87. The zero-order chi connectivity index (χ0) is 20.1. The van der Waals surface area contributed by atoms with Crippen LogP contribution in [0.2, 0.25) is 0 Å². The third-order valence-corrected chi connectivity index (χ3v) is 4.30. The van der Waals surface area contributed by atoms with Crippen molar-refractivity contribution in [1.82, 2.24) is 0 Å². The molecule has 0 heterocycles. The second kappa shape index (κ2) is 8.13. The monoisotopic (exact) mass is 374 g/mol. The Morgan fingerprint density at radius 3 is 1.52 bits per heavy atom. The molecule has 3 nitrogen and oxygen atoms in total. The number of carbonyl (C=O) groups excluding carboxylic acids is 2. The number of ether oxygens (including phenoxy) is 1. The molecule has 0 N–H and O–H groups in total. The zero-order valence-corrected chi connectivity index (χ0v) is 15.3. The van der Waals surface area contributed by atoms with Gasteiger partial charge in [0.05, 0.1) is 11.1 Å².